The van der Waals surface area contributed by atoms with Gasteiger partial charge >= 0.3 is 5.97 Å². The monoisotopic (exact) mass is 324 g/mol. The summed E-state index contributed by atoms with van der Waals surface area (Å²) >= 11 is 0. The number of esters is 1. The normalized spacial score (nSPS) is 10.6. The van der Waals surface area contributed by atoms with Crippen molar-refractivity contribution in [3.8, 4) is 6.07 Å². The van der Waals surface area contributed by atoms with Gasteiger partial charge in [0.15, 0.2) is 5.65 Å². The molecule has 0 aliphatic heterocycles. The van der Waals surface area contributed by atoms with E-state index in [1.54, 1.807) is 17.8 Å². The number of benzene rings is 1. The SMILES string of the molecule is Cc1nn(C)c2ncc(C(=O)OCc3ccc(C#N)cc3F)cc12. The van der Waals surface area contributed by atoms with Crippen LogP contribution in [0.15, 0.2) is 30.5 Å². The molecule has 2 aromatic heterocycles. The number of rotatable bonds is 3. The van der Waals surface area contributed by atoms with Crippen LogP contribution in [0.3, 0.4) is 0 Å². The molecule has 0 fully saturated rings. The number of hydrogen-bond donors (Lipinski definition) is 0. The number of aryl methyl sites for hydroxylation is 2. The second kappa shape index (κ2) is 6.08. The Bertz CT molecular complexity index is 988. The van der Waals surface area contributed by atoms with E-state index in [9.17, 15) is 9.18 Å². The fraction of sp³-hybridized carbons (Fsp3) is 0.176. The van der Waals surface area contributed by atoms with Crippen LogP contribution >= 0.6 is 0 Å². The predicted octanol–water partition coefficient (Wildman–Crippen LogP) is 2.64. The molecule has 0 N–H and O–H groups in total. The van der Waals surface area contributed by atoms with Crippen molar-refractivity contribution in [2.75, 3.05) is 0 Å². The van der Waals surface area contributed by atoms with Crippen LogP contribution < -0.4 is 0 Å². The third-order valence-corrected chi connectivity index (χ3v) is 3.64. The van der Waals surface area contributed by atoms with Gasteiger partial charge in [-0.25, -0.2) is 14.2 Å². The van der Waals surface area contributed by atoms with Gasteiger partial charge < -0.3 is 4.74 Å². The van der Waals surface area contributed by atoms with E-state index >= 15 is 0 Å². The summed E-state index contributed by atoms with van der Waals surface area (Å²) in [6.07, 6.45) is 1.40. The Balaban J connectivity index is 1.78. The summed E-state index contributed by atoms with van der Waals surface area (Å²) in [5.41, 5.74) is 2.11. The number of aromatic nitrogens is 3. The van der Waals surface area contributed by atoms with Crippen LogP contribution in [-0.4, -0.2) is 20.7 Å². The number of pyridine rings is 1. The minimum atomic E-state index is -0.601. The lowest BCUT2D eigenvalue weighted by atomic mass is 10.1. The third-order valence-electron chi connectivity index (χ3n) is 3.64. The number of ether oxygens (including phenoxy) is 1. The highest BCUT2D eigenvalue weighted by Crippen LogP contribution is 2.18. The number of nitrogens with zero attached hydrogens (tertiary/aromatic N) is 4. The highest BCUT2D eigenvalue weighted by molar-refractivity contribution is 5.93. The second-order valence-corrected chi connectivity index (χ2v) is 5.30. The highest BCUT2D eigenvalue weighted by atomic mass is 19.1. The lowest BCUT2D eigenvalue weighted by molar-refractivity contribution is 0.0468. The van der Waals surface area contributed by atoms with Crippen LogP contribution in [0.25, 0.3) is 11.0 Å². The molecule has 7 heteroatoms. The van der Waals surface area contributed by atoms with Crippen molar-refractivity contribution < 1.29 is 13.9 Å². The van der Waals surface area contributed by atoms with E-state index < -0.39 is 11.8 Å². The van der Waals surface area contributed by atoms with Gasteiger partial charge in [0, 0.05) is 24.2 Å². The first-order valence-electron chi connectivity index (χ1n) is 7.14. The number of fused-ring (bicyclic) bond motifs is 1. The largest absolute Gasteiger partial charge is 0.457 e. The van der Waals surface area contributed by atoms with Crippen LogP contribution in [0.5, 0.6) is 0 Å². The molecule has 3 rings (SSSR count). The third kappa shape index (κ3) is 2.82. The summed E-state index contributed by atoms with van der Waals surface area (Å²) in [6.45, 7) is 1.60. The first-order valence-corrected chi connectivity index (χ1v) is 7.14. The zero-order valence-corrected chi connectivity index (χ0v) is 13.1. The lowest BCUT2D eigenvalue weighted by Crippen LogP contribution is -2.07. The summed E-state index contributed by atoms with van der Waals surface area (Å²) in [5, 5.41) is 13.7. The molecule has 0 aliphatic carbocycles. The second-order valence-electron chi connectivity index (χ2n) is 5.30. The maximum Gasteiger partial charge on any atom is 0.340 e. The summed E-state index contributed by atoms with van der Waals surface area (Å²) in [6, 6.07) is 7.50. The minimum Gasteiger partial charge on any atom is -0.457 e. The Labute approximate surface area is 137 Å². The molecule has 1 aromatic carbocycles. The highest BCUT2D eigenvalue weighted by Gasteiger charge is 2.14. The first-order chi connectivity index (χ1) is 11.5. The number of carbonyl (C=O) groups is 1. The lowest BCUT2D eigenvalue weighted by Gasteiger charge is -2.06. The van der Waals surface area contributed by atoms with Crippen molar-refractivity contribution in [2.24, 2.45) is 7.05 Å². The Hall–Kier alpha value is -3.27. The van der Waals surface area contributed by atoms with E-state index in [0.29, 0.717) is 5.65 Å². The molecule has 24 heavy (non-hydrogen) atoms. The fourth-order valence-corrected chi connectivity index (χ4v) is 2.38. The van der Waals surface area contributed by atoms with Crippen LogP contribution in [0.1, 0.15) is 27.2 Å². The maximum absolute atomic E-state index is 13.8. The van der Waals surface area contributed by atoms with Gasteiger partial charge in [-0.2, -0.15) is 10.4 Å². The number of hydrogen-bond acceptors (Lipinski definition) is 5. The van der Waals surface area contributed by atoms with Gasteiger partial charge in [-0.3, -0.25) is 4.68 Å². The van der Waals surface area contributed by atoms with Crippen LogP contribution in [0.2, 0.25) is 0 Å². The van der Waals surface area contributed by atoms with Crippen molar-refractivity contribution >= 4 is 17.0 Å². The van der Waals surface area contributed by atoms with Gasteiger partial charge in [0.25, 0.3) is 0 Å². The molecule has 0 bridgehead atoms. The van der Waals surface area contributed by atoms with E-state index in [1.165, 1.54) is 18.3 Å². The summed E-state index contributed by atoms with van der Waals surface area (Å²) in [5.74, 6) is -1.19. The average molecular weight is 324 g/mol. The molecular formula is C17H13FN4O2. The van der Waals surface area contributed by atoms with E-state index in [2.05, 4.69) is 10.1 Å². The molecule has 0 radical (unpaired) electrons. The predicted molar refractivity (Wildman–Crippen MR) is 83.5 cm³/mol. The molecule has 0 saturated carbocycles. The smallest absolute Gasteiger partial charge is 0.340 e. The molecule has 0 atom stereocenters. The van der Waals surface area contributed by atoms with Gasteiger partial charge in [0.2, 0.25) is 0 Å². The van der Waals surface area contributed by atoms with Crippen LogP contribution in [0, 0.1) is 24.1 Å². The molecule has 120 valence electrons. The first kappa shape index (κ1) is 15.6. The van der Waals surface area contributed by atoms with Crippen LogP contribution in [-0.2, 0) is 18.4 Å². The van der Waals surface area contributed by atoms with Crippen molar-refractivity contribution in [1.82, 2.24) is 14.8 Å². The van der Waals surface area contributed by atoms with Gasteiger partial charge in [-0.05, 0) is 25.1 Å². The van der Waals surface area contributed by atoms with Crippen molar-refractivity contribution in [3.63, 3.8) is 0 Å². The van der Waals surface area contributed by atoms with E-state index in [0.717, 1.165) is 17.1 Å². The molecule has 3 aromatic rings. The minimum absolute atomic E-state index is 0.203. The number of carbonyl (C=O) groups excluding carboxylic acids is 1. The molecule has 0 amide bonds. The van der Waals surface area contributed by atoms with Crippen molar-refractivity contribution in [3.05, 3.63) is 58.7 Å². The van der Waals surface area contributed by atoms with Crippen molar-refractivity contribution in [1.29, 1.82) is 5.26 Å². The Morgan fingerprint density at radius 3 is 2.92 bits per heavy atom. The van der Waals surface area contributed by atoms with Crippen molar-refractivity contribution in [2.45, 2.75) is 13.5 Å². The number of nitriles is 1. The Kier molecular flexibility index (Phi) is 3.96. The summed E-state index contributed by atoms with van der Waals surface area (Å²) in [4.78, 5) is 16.4. The summed E-state index contributed by atoms with van der Waals surface area (Å²) < 4.78 is 20.6. The molecular weight excluding hydrogens is 311 g/mol. The van der Waals surface area contributed by atoms with Gasteiger partial charge in [0.1, 0.15) is 12.4 Å². The molecule has 0 spiro atoms. The topological polar surface area (TPSA) is 80.8 Å². The van der Waals surface area contributed by atoms with Crippen LogP contribution in [0.4, 0.5) is 4.39 Å². The summed E-state index contributed by atoms with van der Waals surface area (Å²) in [7, 11) is 1.77. The van der Waals surface area contributed by atoms with Gasteiger partial charge in [-0.1, -0.05) is 6.07 Å². The van der Waals surface area contributed by atoms with Gasteiger partial charge in [0.05, 0.1) is 22.9 Å². The average Bonchev–Trinajstić information content (AvgIpc) is 2.87. The fourth-order valence-electron chi connectivity index (χ4n) is 2.38. The zero-order chi connectivity index (χ0) is 17.3. The quantitative estimate of drug-likeness (QED) is 0.692. The molecule has 0 aliphatic rings. The number of halogens is 1. The molecule has 2 heterocycles. The molecule has 0 unspecified atom stereocenters. The van der Waals surface area contributed by atoms with E-state index in [1.807, 2.05) is 13.0 Å². The molecule has 0 saturated heterocycles. The van der Waals surface area contributed by atoms with E-state index in [4.69, 9.17) is 10.00 Å². The van der Waals surface area contributed by atoms with E-state index in [-0.39, 0.29) is 23.3 Å². The Morgan fingerprint density at radius 2 is 2.21 bits per heavy atom. The molecule has 6 nitrogen and oxygen atoms in total. The maximum atomic E-state index is 13.8. The van der Waals surface area contributed by atoms with Gasteiger partial charge in [-0.15, -0.1) is 0 Å². The zero-order valence-electron chi connectivity index (χ0n) is 13.1. The standard InChI is InChI=1S/C17H13FN4O2/c1-10-14-6-13(8-20-16(14)22(2)21-10)17(23)24-9-12-4-3-11(7-19)5-15(12)18/h3-6,8H,9H2,1-2H3. The Morgan fingerprint density at radius 1 is 1.42 bits per heavy atom.